The molecule has 2 saturated heterocycles. The summed E-state index contributed by atoms with van der Waals surface area (Å²) in [6.45, 7) is 4.28. The normalized spacial score (nSPS) is 31.7. The molecule has 2 heterocycles. The minimum absolute atomic E-state index is 0.0884. The molecular formula is C27H37NO5. The summed E-state index contributed by atoms with van der Waals surface area (Å²) in [5.41, 5.74) is -1.49. The van der Waals surface area contributed by atoms with Gasteiger partial charge in [0.05, 0.1) is 19.1 Å². The van der Waals surface area contributed by atoms with E-state index in [-0.39, 0.29) is 18.4 Å². The number of benzene rings is 1. The molecule has 1 amide bonds. The van der Waals surface area contributed by atoms with E-state index in [2.05, 4.69) is 13.0 Å². The average molecular weight is 456 g/mol. The zero-order chi connectivity index (χ0) is 23.6. The van der Waals surface area contributed by atoms with E-state index in [9.17, 15) is 14.7 Å². The lowest BCUT2D eigenvalue weighted by Gasteiger charge is -2.57. The fraction of sp³-hybridized carbons (Fsp3) is 0.630. The van der Waals surface area contributed by atoms with Gasteiger partial charge in [0.15, 0.2) is 5.60 Å². The van der Waals surface area contributed by atoms with Gasteiger partial charge >= 0.3 is 5.97 Å². The number of likely N-dealkylation sites (tertiary alicyclic amines) is 1. The van der Waals surface area contributed by atoms with Crippen LogP contribution in [-0.2, 0) is 20.9 Å². The van der Waals surface area contributed by atoms with Gasteiger partial charge < -0.3 is 19.5 Å². The number of fused-ring (bicyclic) bond motifs is 1. The van der Waals surface area contributed by atoms with E-state index in [1.807, 2.05) is 37.3 Å². The van der Waals surface area contributed by atoms with Crippen LogP contribution in [0.2, 0.25) is 0 Å². The standard InChI is InChI=1S/C27H37NO5/c1-4-5-6-10-13-22-24(30)28(18-19-14-16-21(32-3)17-15-19)27(25(31)33-26(22,27)2)23(29)20-11-8-7-9-12-20/h8,11,14-17,20,22-23,29H,4-7,9-10,12-13,18H2,1-3H3/t20-,22-,23+,26+,27?/m1/s1. The highest BCUT2D eigenvalue weighted by atomic mass is 16.6. The molecule has 180 valence electrons. The van der Waals surface area contributed by atoms with Gasteiger partial charge in [-0.25, -0.2) is 4.79 Å². The summed E-state index contributed by atoms with van der Waals surface area (Å²) in [6, 6.07) is 7.51. The first-order valence-corrected chi connectivity index (χ1v) is 12.4. The Labute approximate surface area is 196 Å². The fourth-order valence-corrected chi connectivity index (χ4v) is 6.09. The molecule has 5 atom stereocenters. The molecule has 0 spiro atoms. The van der Waals surface area contributed by atoms with Gasteiger partial charge in [0.1, 0.15) is 5.75 Å². The SMILES string of the molecule is CCCCCC[C@@H]1C(=O)N(Cc2ccc(OC)cc2)C2([C@@H](O)[C@@H]3C=CCCC3)C(=O)O[C@@]12C. The topological polar surface area (TPSA) is 76.1 Å². The maximum atomic E-state index is 13.8. The van der Waals surface area contributed by atoms with Crippen molar-refractivity contribution in [2.75, 3.05) is 7.11 Å². The number of rotatable bonds is 10. The zero-order valence-electron chi connectivity index (χ0n) is 20.1. The van der Waals surface area contributed by atoms with Gasteiger partial charge in [-0.15, -0.1) is 0 Å². The lowest BCUT2D eigenvalue weighted by molar-refractivity contribution is -0.256. The summed E-state index contributed by atoms with van der Waals surface area (Å²) in [6.07, 6.45) is 10.7. The van der Waals surface area contributed by atoms with Gasteiger partial charge in [0.2, 0.25) is 11.4 Å². The molecular weight excluding hydrogens is 418 g/mol. The Bertz CT molecular complexity index is 896. The number of ether oxygens (including phenoxy) is 2. The number of unbranched alkanes of at least 4 members (excludes halogenated alkanes) is 3. The van der Waals surface area contributed by atoms with E-state index >= 15 is 0 Å². The second kappa shape index (κ2) is 9.49. The number of esters is 1. The molecule has 33 heavy (non-hydrogen) atoms. The third kappa shape index (κ3) is 3.76. The van der Waals surface area contributed by atoms with E-state index in [0.717, 1.165) is 56.3 Å². The number of allylic oxidation sites excluding steroid dienone is 1. The number of aliphatic hydroxyl groups excluding tert-OH is 1. The molecule has 2 fully saturated rings. The summed E-state index contributed by atoms with van der Waals surface area (Å²) in [4.78, 5) is 28.7. The molecule has 1 N–H and O–H groups in total. The summed E-state index contributed by atoms with van der Waals surface area (Å²) in [5, 5.41) is 11.7. The predicted octanol–water partition coefficient (Wildman–Crippen LogP) is 4.40. The summed E-state index contributed by atoms with van der Waals surface area (Å²) < 4.78 is 11.1. The van der Waals surface area contributed by atoms with Gasteiger partial charge in [0.25, 0.3) is 0 Å². The number of amides is 1. The van der Waals surface area contributed by atoms with Crippen molar-refractivity contribution < 1.29 is 24.2 Å². The molecule has 0 radical (unpaired) electrons. The van der Waals surface area contributed by atoms with Crippen molar-refractivity contribution in [1.29, 1.82) is 0 Å². The minimum Gasteiger partial charge on any atom is -0.497 e. The Morgan fingerprint density at radius 3 is 2.58 bits per heavy atom. The van der Waals surface area contributed by atoms with Crippen molar-refractivity contribution >= 4 is 11.9 Å². The van der Waals surface area contributed by atoms with Crippen LogP contribution in [0.15, 0.2) is 36.4 Å². The Hall–Kier alpha value is -2.34. The van der Waals surface area contributed by atoms with Gasteiger partial charge in [-0.3, -0.25) is 4.79 Å². The van der Waals surface area contributed by atoms with Gasteiger partial charge in [-0.05, 0) is 50.3 Å². The maximum absolute atomic E-state index is 13.8. The highest BCUT2D eigenvalue weighted by Gasteiger charge is 2.82. The van der Waals surface area contributed by atoms with E-state index in [0.29, 0.717) is 6.42 Å². The molecule has 4 rings (SSSR count). The maximum Gasteiger partial charge on any atom is 0.339 e. The van der Waals surface area contributed by atoms with E-state index in [1.54, 1.807) is 12.0 Å². The number of carbonyl (C=O) groups excluding carboxylic acids is 2. The van der Waals surface area contributed by atoms with Crippen LogP contribution in [0.5, 0.6) is 5.75 Å². The molecule has 1 aromatic rings. The lowest BCUT2D eigenvalue weighted by atomic mass is 9.64. The van der Waals surface area contributed by atoms with Gasteiger partial charge in [-0.2, -0.15) is 0 Å². The van der Waals surface area contributed by atoms with Gasteiger partial charge in [-0.1, -0.05) is 56.9 Å². The first-order chi connectivity index (χ1) is 15.9. The van der Waals surface area contributed by atoms with Crippen LogP contribution >= 0.6 is 0 Å². The third-order valence-electron chi connectivity index (χ3n) is 8.00. The molecule has 0 bridgehead atoms. The second-order valence-electron chi connectivity index (χ2n) is 9.91. The second-order valence-corrected chi connectivity index (χ2v) is 9.91. The Morgan fingerprint density at radius 1 is 1.21 bits per heavy atom. The van der Waals surface area contributed by atoms with E-state index in [1.165, 1.54) is 0 Å². The zero-order valence-corrected chi connectivity index (χ0v) is 20.1. The Kier molecular flexibility index (Phi) is 6.85. The van der Waals surface area contributed by atoms with Crippen molar-refractivity contribution in [2.24, 2.45) is 11.8 Å². The van der Waals surface area contributed by atoms with E-state index < -0.39 is 29.1 Å². The molecule has 3 aliphatic rings. The Balaban J connectivity index is 1.70. The van der Waals surface area contributed by atoms with Crippen molar-refractivity contribution in [3.05, 3.63) is 42.0 Å². The molecule has 6 heteroatoms. The van der Waals surface area contributed by atoms with Crippen molar-refractivity contribution in [2.45, 2.75) is 89.0 Å². The van der Waals surface area contributed by atoms with Crippen molar-refractivity contribution in [1.82, 2.24) is 4.90 Å². The van der Waals surface area contributed by atoms with Crippen LogP contribution < -0.4 is 4.74 Å². The quantitative estimate of drug-likeness (QED) is 0.322. The highest BCUT2D eigenvalue weighted by molar-refractivity contribution is 6.02. The summed E-state index contributed by atoms with van der Waals surface area (Å²) in [5.74, 6) is -0.442. The molecule has 1 unspecified atom stereocenters. The average Bonchev–Trinajstić information content (AvgIpc) is 2.97. The van der Waals surface area contributed by atoms with Crippen LogP contribution in [0, 0.1) is 11.8 Å². The van der Waals surface area contributed by atoms with Crippen LogP contribution in [0.4, 0.5) is 0 Å². The molecule has 0 aromatic heterocycles. The summed E-state index contributed by atoms with van der Waals surface area (Å²) >= 11 is 0. The molecule has 1 aromatic carbocycles. The number of carbonyl (C=O) groups is 2. The van der Waals surface area contributed by atoms with E-state index in [4.69, 9.17) is 9.47 Å². The molecule has 1 aliphatic carbocycles. The lowest BCUT2D eigenvalue weighted by Crippen LogP contribution is -2.80. The third-order valence-corrected chi connectivity index (χ3v) is 8.00. The highest BCUT2D eigenvalue weighted by Crippen LogP contribution is 2.58. The van der Waals surface area contributed by atoms with Gasteiger partial charge in [0, 0.05) is 12.5 Å². The van der Waals surface area contributed by atoms with Crippen LogP contribution in [0.25, 0.3) is 0 Å². The smallest absolute Gasteiger partial charge is 0.339 e. The minimum atomic E-state index is -1.36. The monoisotopic (exact) mass is 455 g/mol. The molecule has 2 aliphatic heterocycles. The number of aliphatic hydroxyl groups is 1. The van der Waals surface area contributed by atoms with Crippen molar-refractivity contribution in [3.8, 4) is 5.75 Å². The largest absolute Gasteiger partial charge is 0.497 e. The number of hydrogen-bond donors (Lipinski definition) is 1. The summed E-state index contributed by atoms with van der Waals surface area (Å²) in [7, 11) is 1.61. The fourth-order valence-electron chi connectivity index (χ4n) is 6.09. The molecule has 6 nitrogen and oxygen atoms in total. The predicted molar refractivity (Wildman–Crippen MR) is 126 cm³/mol. The molecule has 0 saturated carbocycles. The van der Waals surface area contributed by atoms with Crippen molar-refractivity contribution in [3.63, 3.8) is 0 Å². The first-order valence-electron chi connectivity index (χ1n) is 12.4. The number of nitrogens with zero attached hydrogens (tertiary/aromatic N) is 1. The van der Waals surface area contributed by atoms with Crippen LogP contribution in [-0.4, -0.2) is 46.2 Å². The number of methoxy groups -OCH3 is 1. The van der Waals surface area contributed by atoms with Crippen LogP contribution in [0.3, 0.4) is 0 Å². The Morgan fingerprint density at radius 2 is 1.97 bits per heavy atom. The first kappa shape index (κ1) is 23.8. The number of hydrogen-bond acceptors (Lipinski definition) is 5. The van der Waals surface area contributed by atoms with Crippen LogP contribution in [0.1, 0.15) is 70.8 Å².